The first-order chi connectivity index (χ1) is 19.3. The largest absolute Gasteiger partial charge is 0.481 e. The van der Waals surface area contributed by atoms with Crippen molar-refractivity contribution in [3.05, 3.63) is 59.7 Å². The fourth-order valence-corrected chi connectivity index (χ4v) is 5.02. The zero-order valence-electron chi connectivity index (χ0n) is 22.1. The maximum absolute atomic E-state index is 12.2. The number of carboxylic acids is 1. The van der Waals surface area contributed by atoms with Gasteiger partial charge in [-0.05, 0) is 40.8 Å². The molecule has 0 aromatic heterocycles. The van der Waals surface area contributed by atoms with Crippen LogP contribution in [0.15, 0.2) is 48.5 Å². The van der Waals surface area contributed by atoms with Crippen molar-refractivity contribution in [1.29, 1.82) is 0 Å². The molecule has 0 spiro atoms. The van der Waals surface area contributed by atoms with Gasteiger partial charge in [0.15, 0.2) is 0 Å². The number of aliphatic carboxylic acids is 1. The molecule has 0 aliphatic heterocycles. The minimum atomic E-state index is -0.799. The standard InChI is InChI=1S/C28H34N4O7S/c33-24(30-15-26(35)32-18-40-13-7-1-2-12-27(36)37)14-29-25(34)16-31-28(38)39-17-23-21-10-5-3-8-19(21)20-9-4-6-11-22(20)23/h3-6,8-11,23H,1-2,7,12-18H2,(H,29,34)(H,30,33)(H,31,38)(H,32,35)(H,36,37). The van der Waals surface area contributed by atoms with E-state index in [1.54, 1.807) is 0 Å². The molecule has 0 saturated heterocycles. The van der Waals surface area contributed by atoms with Crippen LogP contribution in [0.1, 0.15) is 42.7 Å². The van der Waals surface area contributed by atoms with E-state index >= 15 is 0 Å². The van der Waals surface area contributed by atoms with E-state index in [-0.39, 0.29) is 44.5 Å². The number of fused-ring (bicyclic) bond motifs is 3. The summed E-state index contributed by atoms with van der Waals surface area (Å²) in [7, 11) is 0. The lowest BCUT2D eigenvalue weighted by atomic mass is 9.98. The first-order valence-electron chi connectivity index (χ1n) is 13.0. The van der Waals surface area contributed by atoms with Crippen LogP contribution in [0.5, 0.6) is 0 Å². The third kappa shape index (κ3) is 9.92. The molecule has 214 valence electrons. The van der Waals surface area contributed by atoms with E-state index < -0.39 is 23.9 Å². The highest BCUT2D eigenvalue weighted by molar-refractivity contribution is 7.99. The molecule has 4 amide bonds. The van der Waals surface area contributed by atoms with Gasteiger partial charge in [0.05, 0.1) is 19.0 Å². The Morgan fingerprint density at radius 2 is 1.27 bits per heavy atom. The van der Waals surface area contributed by atoms with Crippen LogP contribution in [0, 0.1) is 0 Å². The third-order valence-electron chi connectivity index (χ3n) is 6.18. The molecule has 1 aliphatic carbocycles. The number of alkyl carbamates (subject to hydrolysis) is 1. The third-order valence-corrected chi connectivity index (χ3v) is 7.11. The number of rotatable bonds is 16. The molecule has 11 nitrogen and oxygen atoms in total. The molecule has 3 rings (SSSR count). The van der Waals surface area contributed by atoms with Gasteiger partial charge in [-0.3, -0.25) is 19.2 Å². The Kier molecular flexibility index (Phi) is 12.3. The second-order valence-corrected chi connectivity index (χ2v) is 10.2. The molecule has 40 heavy (non-hydrogen) atoms. The van der Waals surface area contributed by atoms with E-state index in [9.17, 15) is 24.0 Å². The number of hydrogen-bond acceptors (Lipinski definition) is 7. The molecule has 0 fully saturated rings. The summed E-state index contributed by atoms with van der Waals surface area (Å²) in [5.41, 5.74) is 4.39. The zero-order chi connectivity index (χ0) is 28.7. The summed E-state index contributed by atoms with van der Waals surface area (Å²) < 4.78 is 5.38. The summed E-state index contributed by atoms with van der Waals surface area (Å²) >= 11 is 1.51. The molecule has 0 saturated carbocycles. The van der Waals surface area contributed by atoms with E-state index in [1.807, 2.05) is 48.5 Å². The van der Waals surface area contributed by atoms with Gasteiger partial charge < -0.3 is 31.1 Å². The van der Waals surface area contributed by atoms with Crippen LogP contribution in [-0.4, -0.2) is 72.8 Å². The van der Waals surface area contributed by atoms with Crippen LogP contribution in [-0.2, 0) is 23.9 Å². The van der Waals surface area contributed by atoms with Gasteiger partial charge in [-0.1, -0.05) is 55.0 Å². The average Bonchev–Trinajstić information content (AvgIpc) is 3.27. The van der Waals surface area contributed by atoms with Crippen LogP contribution in [0.25, 0.3) is 11.1 Å². The summed E-state index contributed by atoms with van der Waals surface area (Å²) in [6.07, 6.45) is 1.74. The van der Waals surface area contributed by atoms with Crippen molar-refractivity contribution < 1.29 is 33.8 Å². The molecular weight excluding hydrogens is 536 g/mol. The maximum Gasteiger partial charge on any atom is 0.407 e. The van der Waals surface area contributed by atoms with Gasteiger partial charge in [-0.15, -0.1) is 11.8 Å². The number of ether oxygens (including phenoxy) is 1. The maximum atomic E-state index is 12.2. The highest BCUT2D eigenvalue weighted by atomic mass is 32.2. The number of hydrogen-bond donors (Lipinski definition) is 5. The lowest BCUT2D eigenvalue weighted by Gasteiger charge is -2.14. The topological polar surface area (TPSA) is 163 Å². The molecule has 0 radical (unpaired) electrons. The highest BCUT2D eigenvalue weighted by Crippen LogP contribution is 2.44. The fourth-order valence-electron chi connectivity index (χ4n) is 4.21. The predicted molar refractivity (Wildman–Crippen MR) is 151 cm³/mol. The summed E-state index contributed by atoms with van der Waals surface area (Å²) in [6, 6.07) is 15.9. The molecule has 5 N–H and O–H groups in total. The van der Waals surface area contributed by atoms with Crippen LogP contribution >= 0.6 is 11.8 Å². The van der Waals surface area contributed by atoms with E-state index in [0.717, 1.165) is 40.8 Å². The molecule has 1 aliphatic rings. The Balaban J connectivity index is 1.23. The number of carbonyl (C=O) groups excluding carboxylic acids is 4. The molecule has 0 atom stereocenters. The Labute approximate surface area is 236 Å². The number of unbranched alkanes of at least 4 members (excludes halogenated alkanes) is 2. The molecule has 12 heteroatoms. The average molecular weight is 571 g/mol. The van der Waals surface area contributed by atoms with Gasteiger partial charge in [0.25, 0.3) is 0 Å². The normalized spacial score (nSPS) is 11.6. The molecule has 2 aromatic carbocycles. The Morgan fingerprint density at radius 1 is 0.725 bits per heavy atom. The molecule has 0 bridgehead atoms. The number of amides is 4. The van der Waals surface area contributed by atoms with Crippen molar-refractivity contribution in [2.24, 2.45) is 0 Å². The number of nitrogens with one attached hydrogen (secondary N) is 4. The van der Waals surface area contributed by atoms with Gasteiger partial charge >= 0.3 is 12.1 Å². The SMILES string of the molecule is O=C(O)CCCCCSCNC(=O)CNC(=O)CNC(=O)CNC(=O)OCC1c2ccccc2-c2ccccc21. The van der Waals surface area contributed by atoms with Crippen molar-refractivity contribution in [1.82, 2.24) is 21.3 Å². The summed E-state index contributed by atoms with van der Waals surface area (Å²) in [5.74, 6) is -1.21. The van der Waals surface area contributed by atoms with Gasteiger partial charge in [-0.2, -0.15) is 0 Å². The van der Waals surface area contributed by atoms with Crippen LogP contribution in [0.4, 0.5) is 4.79 Å². The molecule has 0 unspecified atom stereocenters. The number of benzene rings is 2. The Morgan fingerprint density at radius 3 is 1.88 bits per heavy atom. The van der Waals surface area contributed by atoms with Crippen LogP contribution in [0.2, 0.25) is 0 Å². The lowest BCUT2D eigenvalue weighted by Crippen LogP contribution is -2.44. The second kappa shape index (κ2) is 16.1. The number of carboxylic acid groups (broad SMARTS) is 1. The van der Waals surface area contributed by atoms with Crippen LogP contribution < -0.4 is 21.3 Å². The minimum Gasteiger partial charge on any atom is -0.481 e. The summed E-state index contributed by atoms with van der Waals surface area (Å²) in [6.45, 7) is -0.815. The van der Waals surface area contributed by atoms with Crippen molar-refractivity contribution in [2.75, 3.05) is 37.9 Å². The lowest BCUT2D eigenvalue weighted by molar-refractivity contribution is -0.137. The number of thioether (sulfide) groups is 1. The molecule has 2 aromatic rings. The van der Waals surface area contributed by atoms with Gasteiger partial charge in [0, 0.05) is 12.3 Å². The molecule has 0 heterocycles. The fraction of sp³-hybridized carbons (Fsp3) is 0.393. The first-order valence-corrected chi connectivity index (χ1v) is 14.2. The highest BCUT2D eigenvalue weighted by Gasteiger charge is 2.29. The molecular formula is C28H34N4O7S. The Hall–Kier alpha value is -4.06. The zero-order valence-corrected chi connectivity index (χ0v) is 22.9. The van der Waals surface area contributed by atoms with Crippen molar-refractivity contribution in [3.63, 3.8) is 0 Å². The monoisotopic (exact) mass is 570 g/mol. The summed E-state index contributed by atoms with van der Waals surface area (Å²) in [4.78, 5) is 58.3. The minimum absolute atomic E-state index is 0.0955. The summed E-state index contributed by atoms with van der Waals surface area (Å²) in [5, 5.41) is 18.4. The first kappa shape index (κ1) is 30.5. The smallest absolute Gasteiger partial charge is 0.407 e. The van der Waals surface area contributed by atoms with Gasteiger partial charge in [0.1, 0.15) is 13.2 Å². The van der Waals surface area contributed by atoms with E-state index in [0.29, 0.717) is 12.3 Å². The Bertz CT molecular complexity index is 1160. The van der Waals surface area contributed by atoms with Gasteiger partial charge in [0.2, 0.25) is 17.7 Å². The van der Waals surface area contributed by atoms with E-state index in [2.05, 4.69) is 21.3 Å². The van der Waals surface area contributed by atoms with E-state index in [1.165, 1.54) is 11.8 Å². The van der Waals surface area contributed by atoms with Crippen molar-refractivity contribution in [2.45, 2.75) is 31.6 Å². The van der Waals surface area contributed by atoms with Gasteiger partial charge in [-0.25, -0.2) is 4.79 Å². The van der Waals surface area contributed by atoms with Crippen molar-refractivity contribution >= 4 is 41.5 Å². The predicted octanol–water partition coefficient (Wildman–Crippen LogP) is 2.21. The van der Waals surface area contributed by atoms with Crippen LogP contribution in [0.3, 0.4) is 0 Å². The number of carbonyl (C=O) groups is 5. The second-order valence-electron chi connectivity index (χ2n) is 9.09. The quantitative estimate of drug-likeness (QED) is 0.152. The van der Waals surface area contributed by atoms with E-state index in [4.69, 9.17) is 9.84 Å². The van der Waals surface area contributed by atoms with Crippen molar-refractivity contribution in [3.8, 4) is 11.1 Å².